The van der Waals surface area contributed by atoms with Crippen LogP contribution in [0.3, 0.4) is 0 Å². The lowest BCUT2D eigenvalue weighted by atomic mass is 10.2. The zero-order chi connectivity index (χ0) is 18.9. The highest BCUT2D eigenvalue weighted by Crippen LogP contribution is 2.34. The number of anilines is 1. The van der Waals surface area contributed by atoms with E-state index < -0.39 is 29.2 Å². The molecule has 26 heavy (non-hydrogen) atoms. The van der Waals surface area contributed by atoms with Crippen molar-refractivity contribution in [3.63, 3.8) is 0 Å². The Hall–Kier alpha value is -3.16. The van der Waals surface area contributed by atoms with Gasteiger partial charge >= 0.3 is 6.18 Å². The number of halogens is 4. The molecule has 0 saturated carbocycles. The van der Waals surface area contributed by atoms with E-state index in [2.05, 4.69) is 10.4 Å². The van der Waals surface area contributed by atoms with Crippen LogP contribution < -0.4 is 5.32 Å². The molecule has 0 unspecified atom stereocenters. The number of rotatable bonds is 3. The van der Waals surface area contributed by atoms with Gasteiger partial charge in [-0.25, -0.2) is 9.07 Å². The molecule has 0 radical (unpaired) electrons. The lowest BCUT2D eigenvalue weighted by Crippen LogP contribution is -2.20. The Kier molecular flexibility index (Phi) is 4.50. The van der Waals surface area contributed by atoms with E-state index in [1.165, 1.54) is 31.2 Å². The maximum Gasteiger partial charge on any atom is 0.434 e. The molecule has 0 fully saturated rings. The zero-order valence-electron chi connectivity index (χ0n) is 13.5. The summed E-state index contributed by atoms with van der Waals surface area (Å²) in [6.07, 6.45) is -3.97. The molecule has 3 rings (SSSR count). The normalized spacial score (nSPS) is 11.4. The fraction of sp³-hybridized carbons (Fsp3) is 0.111. The minimum Gasteiger partial charge on any atom is -0.322 e. The first kappa shape index (κ1) is 17.7. The Balaban J connectivity index is 2.00. The van der Waals surface area contributed by atoms with Gasteiger partial charge in [-0.05, 0) is 36.8 Å². The van der Waals surface area contributed by atoms with Gasteiger partial charge in [-0.1, -0.05) is 24.3 Å². The maximum atomic E-state index is 13.6. The molecule has 3 aromatic rings. The third kappa shape index (κ3) is 3.44. The third-order valence-corrected chi connectivity index (χ3v) is 3.71. The van der Waals surface area contributed by atoms with Crippen molar-refractivity contribution in [3.05, 3.63) is 77.4 Å². The molecule has 1 heterocycles. The van der Waals surface area contributed by atoms with E-state index in [9.17, 15) is 22.4 Å². The predicted molar refractivity (Wildman–Crippen MR) is 87.7 cm³/mol. The molecule has 1 aromatic heterocycles. The second-order valence-electron chi connectivity index (χ2n) is 5.57. The first-order chi connectivity index (χ1) is 12.3. The molecule has 0 aliphatic carbocycles. The quantitative estimate of drug-likeness (QED) is 0.692. The highest BCUT2D eigenvalue weighted by Gasteiger charge is 2.40. The molecule has 2 aromatic carbocycles. The van der Waals surface area contributed by atoms with Gasteiger partial charge in [0.1, 0.15) is 5.82 Å². The van der Waals surface area contributed by atoms with E-state index in [4.69, 9.17) is 0 Å². The number of carbonyl (C=O) groups is 1. The summed E-state index contributed by atoms with van der Waals surface area (Å²) in [6, 6.07) is 11.5. The summed E-state index contributed by atoms with van der Waals surface area (Å²) < 4.78 is 54.9. The average Bonchev–Trinajstić information content (AvgIpc) is 3.04. The number of hydrogen-bond acceptors (Lipinski definition) is 2. The van der Waals surface area contributed by atoms with Crippen molar-refractivity contribution in [3.8, 4) is 5.69 Å². The van der Waals surface area contributed by atoms with Gasteiger partial charge in [-0.15, -0.1) is 0 Å². The van der Waals surface area contributed by atoms with Gasteiger partial charge in [0.15, 0.2) is 5.69 Å². The van der Waals surface area contributed by atoms with Gasteiger partial charge in [-0.2, -0.15) is 18.3 Å². The van der Waals surface area contributed by atoms with Crippen LogP contribution in [-0.2, 0) is 6.18 Å². The number of nitrogens with zero attached hydrogens (tertiary/aromatic N) is 2. The third-order valence-electron chi connectivity index (χ3n) is 3.71. The van der Waals surface area contributed by atoms with Crippen LogP contribution in [-0.4, -0.2) is 15.7 Å². The Morgan fingerprint density at radius 3 is 2.42 bits per heavy atom. The largest absolute Gasteiger partial charge is 0.434 e. The number of para-hydroxylation sites is 1. The van der Waals surface area contributed by atoms with Crippen LogP contribution in [0.5, 0.6) is 0 Å². The molecule has 0 saturated heterocycles. The van der Waals surface area contributed by atoms with Gasteiger partial charge in [0.2, 0.25) is 0 Å². The number of carbonyl (C=O) groups excluding carboxylic acids is 1. The van der Waals surface area contributed by atoms with Crippen molar-refractivity contribution >= 4 is 11.6 Å². The second kappa shape index (κ2) is 6.62. The predicted octanol–water partition coefficient (Wildman–Crippen LogP) is 4.59. The van der Waals surface area contributed by atoms with E-state index in [0.29, 0.717) is 10.2 Å². The highest BCUT2D eigenvalue weighted by atomic mass is 19.4. The molecule has 0 bridgehead atoms. The molecule has 1 amide bonds. The summed E-state index contributed by atoms with van der Waals surface area (Å²) in [7, 11) is 0. The summed E-state index contributed by atoms with van der Waals surface area (Å²) in [5.74, 6) is -1.60. The molecule has 0 atom stereocenters. The number of amides is 1. The van der Waals surface area contributed by atoms with Crippen LogP contribution in [0.25, 0.3) is 5.69 Å². The minimum atomic E-state index is -4.81. The topological polar surface area (TPSA) is 46.9 Å². The number of aryl methyl sites for hydroxylation is 1. The van der Waals surface area contributed by atoms with E-state index in [1.807, 2.05) is 0 Å². The molecular weight excluding hydrogens is 350 g/mol. The van der Waals surface area contributed by atoms with Crippen molar-refractivity contribution < 1.29 is 22.4 Å². The van der Waals surface area contributed by atoms with E-state index in [-0.39, 0.29) is 11.4 Å². The van der Waals surface area contributed by atoms with Gasteiger partial charge in [0.25, 0.3) is 5.91 Å². The van der Waals surface area contributed by atoms with Crippen molar-refractivity contribution in [2.24, 2.45) is 0 Å². The van der Waals surface area contributed by atoms with Crippen molar-refractivity contribution in [2.45, 2.75) is 13.1 Å². The van der Waals surface area contributed by atoms with Crippen molar-refractivity contribution in [1.82, 2.24) is 9.78 Å². The minimum absolute atomic E-state index is 0.0543. The van der Waals surface area contributed by atoms with Crippen LogP contribution in [0, 0.1) is 12.7 Å². The monoisotopic (exact) mass is 363 g/mol. The van der Waals surface area contributed by atoms with Crippen LogP contribution in [0.2, 0.25) is 0 Å². The molecular formula is C18H13F4N3O. The molecule has 1 N–H and O–H groups in total. The van der Waals surface area contributed by atoms with Crippen LogP contribution in [0.4, 0.5) is 23.2 Å². The van der Waals surface area contributed by atoms with Gasteiger partial charge < -0.3 is 5.32 Å². The van der Waals surface area contributed by atoms with E-state index in [1.54, 1.807) is 18.2 Å². The second-order valence-corrected chi connectivity index (χ2v) is 5.57. The summed E-state index contributed by atoms with van der Waals surface area (Å²) in [4.78, 5) is 12.3. The lowest BCUT2D eigenvalue weighted by Gasteiger charge is -2.13. The summed E-state index contributed by atoms with van der Waals surface area (Å²) in [6.45, 7) is 1.53. The number of hydrogen-bond donors (Lipinski definition) is 1. The summed E-state index contributed by atoms with van der Waals surface area (Å²) in [5, 5.41) is 5.98. The molecule has 8 heteroatoms. The van der Waals surface area contributed by atoms with Gasteiger partial charge in [-0.3, -0.25) is 4.79 Å². The number of benzene rings is 2. The average molecular weight is 363 g/mol. The van der Waals surface area contributed by atoms with Crippen molar-refractivity contribution in [2.75, 3.05) is 5.32 Å². The Labute approximate surface area is 146 Å². The molecule has 0 spiro atoms. The first-order valence-electron chi connectivity index (χ1n) is 7.55. The Bertz CT molecular complexity index is 949. The summed E-state index contributed by atoms with van der Waals surface area (Å²) in [5.41, 5.74) is -1.27. The van der Waals surface area contributed by atoms with Gasteiger partial charge in [0, 0.05) is 5.69 Å². The number of nitrogens with one attached hydrogen (secondary N) is 1. The van der Waals surface area contributed by atoms with Crippen LogP contribution in [0.15, 0.2) is 54.7 Å². The fourth-order valence-electron chi connectivity index (χ4n) is 2.42. The fourth-order valence-corrected chi connectivity index (χ4v) is 2.42. The van der Waals surface area contributed by atoms with Crippen LogP contribution in [0.1, 0.15) is 21.6 Å². The van der Waals surface area contributed by atoms with Crippen molar-refractivity contribution in [1.29, 1.82) is 0 Å². The Morgan fingerprint density at radius 1 is 1.12 bits per heavy atom. The number of aromatic nitrogens is 2. The SMILES string of the molecule is Cc1ccc(NC(=O)c2cnn(-c3ccccc3)c2C(F)(F)F)cc1F. The molecule has 0 aliphatic heterocycles. The van der Waals surface area contributed by atoms with Gasteiger partial charge in [0.05, 0.1) is 17.4 Å². The van der Waals surface area contributed by atoms with E-state index >= 15 is 0 Å². The molecule has 0 aliphatic rings. The van der Waals surface area contributed by atoms with Crippen LogP contribution >= 0.6 is 0 Å². The highest BCUT2D eigenvalue weighted by molar-refractivity contribution is 6.05. The van der Waals surface area contributed by atoms with E-state index in [0.717, 1.165) is 12.3 Å². The number of alkyl halides is 3. The smallest absolute Gasteiger partial charge is 0.322 e. The maximum absolute atomic E-state index is 13.6. The Morgan fingerprint density at radius 2 is 1.81 bits per heavy atom. The summed E-state index contributed by atoms with van der Waals surface area (Å²) >= 11 is 0. The standard InChI is InChI=1S/C18H13F4N3O/c1-11-7-8-12(9-15(11)19)24-17(26)14-10-23-25(16(14)18(20,21)22)13-5-3-2-4-6-13/h2-10H,1H3,(H,24,26). The first-order valence-corrected chi connectivity index (χ1v) is 7.55. The molecule has 134 valence electrons. The molecule has 4 nitrogen and oxygen atoms in total. The zero-order valence-corrected chi connectivity index (χ0v) is 13.5. The lowest BCUT2D eigenvalue weighted by molar-refractivity contribution is -0.143.